The van der Waals surface area contributed by atoms with Crippen LogP contribution in [0.15, 0.2) is 23.8 Å². The van der Waals surface area contributed by atoms with Gasteiger partial charge in [-0.3, -0.25) is 0 Å². The highest BCUT2D eigenvalue weighted by atomic mass is 16.4. The van der Waals surface area contributed by atoms with Gasteiger partial charge in [0.25, 0.3) is 0 Å². The maximum Gasteiger partial charge on any atom is 0.328 e. The number of aliphatic hydroxyl groups is 1. The molecule has 1 fully saturated rings. The van der Waals surface area contributed by atoms with Crippen molar-refractivity contribution >= 4 is 5.97 Å². The maximum absolute atomic E-state index is 10.4. The zero-order chi connectivity index (χ0) is 12.4. The number of aliphatic carboxylic acids is 1. The molecule has 0 aromatic carbocycles. The second kappa shape index (κ2) is 4.11. The van der Waals surface area contributed by atoms with E-state index in [2.05, 4.69) is 6.07 Å². The monoisotopic (exact) mass is 221 g/mol. The molecule has 1 atom stereocenters. The first kappa shape index (κ1) is 12.5. The topological polar surface area (TPSA) is 81.3 Å². The first-order valence-corrected chi connectivity index (χ1v) is 5.07. The van der Waals surface area contributed by atoms with E-state index in [4.69, 9.17) is 10.4 Å². The highest BCUT2D eigenvalue weighted by molar-refractivity contribution is 5.81. The molecule has 0 heterocycles. The van der Waals surface area contributed by atoms with Gasteiger partial charge in [-0.05, 0) is 32.3 Å². The van der Waals surface area contributed by atoms with E-state index < -0.39 is 17.0 Å². The van der Waals surface area contributed by atoms with Crippen LogP contribution < -0.4 is 0 Å². The van der Waals surface area contributed by atoms with Gasteiger partial charge in [0.2, 0.25) is 0 Å². The summed E-state index contributed by atoms with van der Waals surface area (Å²) in [5, 5.41) is 27.6. The summed E-state index contributed by atoms with van der Waals surface area (Å²) in [5.74, 6) is -1.02. The molecule has 0 aromatic rings. The molecule has 1 saturated carbocycles. The predicted molar refractivity (Wildman–Crippen MR) is 58.4 cm³/mol. The Balaban J connectivity index is 2.78. The summed E-state index contributed by atoms with van der Waals surface area (Å²) in [6.07, 6.45) is 5.45. The van der Waals surface area contributed by atoms with E-state index in [1.807, 2.05) is 0 Å². The van der Waals surface area contributed by atoms with Crippen molar-refractivity contribution in [3.8, 4) is 6.07 Å². The van der Waals surface area contributed by atoms with Gasteiger partial charge in [-0.2, -0.15) is 5.26 Å². The minimum atomic E-state index is -1.20. The Hall–Kier alpha value is -1.60. The van der Waals surface area contributed by atoms with Gasteiger partial charge in [0.15, 0.2) is 0 Å². The summed E-state index contributed by atoms with van der Waals surface area (Å²) in [6, 6.07) is 2.12. The summed E-state index contributed by atoms with van der Waals surface area (Å²) in [7, 11) is 0. The number of carbonyl (C=O) groups is 1. The van der Waals surface area contributed by atoms with Gasteiger partial charge in [-0.1, -0.05) is 12.2 Å². The lowest BCUT2D eigenvalue weighted by Crippen LogP contribution is -2.32. The van der Waals surface area contributed by atoms with Gasteiger partial charge in [-0.25, -0.2) is 4.79 Å². The summed E-state index contributed by atoms with van der Waals surface area (Å²) in [6.45, 7) is 3.21. The van der Waals surface area contributed by atoms with Crippen molar-refractivity contribution < 1.29 is 15.0 Å². The highest BCUT2D eigenvalue weighted by Gasteiger charge is 2.55. The van der Waals surface area contributed by atoms with Crippen molar-refractivity contribution in [1.29, 1.82) is 5.26 Å². The quantitative estimate of drug-likeness (QED) is 0.558. The third-order valence-electron chi connectivity index (χ3n) is 2.95. The lowest BCUT2D eigenvalue weighted by Gasteiger charge is -2.24. The third-order valence-corrected chi connectivity index (χ3v) is 2.95. The van der Waals surface area contributed by atoms with Crippen molar-refractivity contribution in [2.75, 3.05) is 0 Å². The lowest BCUT2D eigenvalue weighted by atomic mass is 9.86. The molecular weight excluding hydrogens is 206 g/mol. The number of carboxylic acid groups (broad SMARTS) is 1. The Morgan fingerprint density at radius 3 is 2.50 bits per heavy atom. The molecule has 1 aliphatic carbocycles. The molecule has 0 radical (unpaired) electrons. The number of hydrogen-bond acceptors (Lipinski definition) is 3. The molecule has 0 aromatic heterocycles. The standard InChI is InChI=1S/C12H15NO3/c1-9(7-10(14)15)3-4-11(2,16)12(8-13)5-6-12/h3-4,7,16H,5-6H2,1-2H3,(H,14,15)/b4-3+,9-7-/t11-/m1/s1. The molecule has 86 valence electrons. The van der Waals surface area contributed by atoms with Crippen molar-refractivity contribution in [2.45, 2.75) is 32.3 Å². The molecule has 4 nitrogen and oxygen atoms in total. The number of hydrogen-bond donors (Lipinski definition) is 2. The van der Waals surface area contributed by atoms with Crippen LogP contribution in [0.1, 0.15) is 26.7 Å². The second-order valence-corrected chi connectivity index (χ2v) is 4.40. The van der Waals surface area contributed by atoms with Crippen molar-refractivity contribution in [3.63, 3.8) is 0 Å². The molecule has 0 amide bonds. The lowest BCUT2D eigenvalue weighted by molar-refractivity contribution is -0.131. The number of rotatable bonds is 4. The van der Waals surface area contributed by atoms with Gasteiger partial charge >= 0.3 is 5.97 Å². The first-order valence-electron chi connectivity index (χ1n) is 5.07. The molecule has 0 bridgehead atoms. The molecule has 1 rings (SSSR count). The van der Waals surface area contributed by atoms with Crippen LogP contribution >= 0.6 is 0 Å². The fraction of sp³-hybridized carbons (Fsp3) is 0.500. The van der Waals surface area contributed by atoms with Crippen LogP contribution in [0.4, 0.5) is 0 Å². The maximum atomic E-state index is 10.4. The van der Waals surface area contributed by atoms with Gasteiger partial charge in [-0.15, -0.1) is 0 Å². The van der Waals surface area contributed by atoms with Crippen LogP contribution in [0.5, 0.6) is 0 Å². The van der Waals surface area contributed by atoms with Crippen molar-refractivity contribution in [2.24, 2.45) is 5.41 Å². The Bertz CT molecular complexity index is 395. The van der Waals surface area contributed by atoms with Gasteiger partial charge < -0.3 is 10.2 Å². The van der Waals surface area contributed by atoms with Gasteiger partial charge in [0, 0.05) is 6.08 Å². The van der Waals surface area contributed by atoms with Crippen molar-refractivity contribution in [1.82, 2.24) is 0 Å². The van der Waals surface area contributed by atoms with Crippen molar-refractivity contribution in [3.05, 3.63) is 23.8 Å². The number of allylic oxidation sites excluding steroid dienone is 2. The summed E-state index contributed by atoms with van der Waals surface area (Å²) >= 11 is 0. The van der Waals surface area contributed by atoms with E-state index in [9.17, 15) is 9.90 Å². The van der Waals surface area contributed by atoms with Gasteiger partial charge in [0.1, 0.15) is 0 Å². The van der Waals surface area contributed by atoms with Crippen LogP contribution in [0.2, 0.25) is 0 Å². The predicted octanol–water partition coefficient (Wildman–Crippen LogP) is 1.63. The smallest absolute Gasteiger partial charge is 0.328 e. The van der Waals surface area contributed by atoms with Crippen LogP contribution in [-0.2, 0) is 4.79 Å². The van der Waals surface area contributed by atoms with E-state index in [-0.39, 0.29) is 0 Å². The van der Waals surface area contributed by atoms with Crippen LogP contribution in [0.3, 0.4) is 0 Å². The van der Waals surface area contributed by atoms with E-state index in [0.717, 1.165) is 6.08 Å². The van der Waals surface area contributed by atoms with E-state index in [0.29, 0.717) is 18.4 Å². The Morgan fingerprint density at radius 2 is 2.12 bits per heavy atom. The average molecular weight is 221 g/mol. The third kappa shape index (κ3) is 2.50. The van der Waals surface area contributed by atoms with Crippen LogP contribution in [0.25, 0.3) is 0 Å². The normalized spacial score (nSPS) is 22.5. The summed E-state index contributed by atoms with van der Waals surface area (Å²) < 4.78 is 0. The minimum absolute atomic E-state index is 0.529. The molecule has 0 saturated heterocycles. The molecule has 0 unspecified atom stereocenters. The van der Waals surface area contributed by atoms with E-state index in [1.165, 1.54) is 12.2 Å². The SMILES string of the molecule is CC(=C/C(=O)O)/C=C/[C@@](C)(O)C1(C#N)CC1. The second-order valence-electron chi connectivity index (χ2n) is 4.40. The Morgan fingerprint density at radius 1 is 1.56 bits per heavy atom. The zero-order valence-corrected chi connectivity index (χ0v) is 9.40. The molecule has 2 N–H and O–H groups in total. The fourth-order valence-corrected chi connectivity index (χ4v) is 1.55. The minimum Gasteiger partial charge on any atom is -0.478 e. The molecule has 1 aliphatic rings. The Labute approximate surface area is 94.5 Å². The number of nitriles is 1. The summed E-state index contributed by atoms with van der Waals surface area (Å²) in [5.41, 5.74) is -1.36. The Kier molecular flexibility index (Phi) is 3.20. The van der Waals surface area contributed by atoms with Crippen LogP contribution in [0, 0.1) is 16.7 Å². The molecular formula is C12H15NO3. The summed E-state index contributed by atoms with van der Waals surface area (Å²) in [4.78, 5) is 10.4. The number of carboxylic acids is 1. The van der Waals surface area contributed by atoms with E-state index >= 15 is 0 Å². The highest BCUT2D eigenvalue weighted by Crippen LogP contribution is 2.54. The first-order chi connectivity index (χ1) is 7.33. The molecule has 4 heteroatoms. The largest absolute Gasteiger partial charge is 0.478 e. The van der Waals surface area contributed by atoms with Crippen LogP contribution in [-0.4, -0.2) is 21.8 Å². The fourth-order valence-electron chi connectivity index (χ4n) is 1.55. The van der Waals surface area contributed by atoms with E-state index in [1.54, 1.807) is 13.8 Å². The molecule has 0 spiro atoms. The number of nitrogens with zero attached hydrogens (tertiary/aromatic N) is 1. The molecule has 16 heavy (non-hydrogen) atoms. The zero-order valence-electron chi connectivity index (χ0n) is 9.40. The van der Waals surface area contributed by atoms with Gasteiger partial charge in [0.05, 0.1) is 17.1 Å². The average Bonchev–Trinajstić information content (AvgIpc) is 2.94. The molecule has 0 aliphatic heterocycles.